The number of hydrogen-bond donors (Lipinski definition) is 0. The molecule has 2 aromatic rings. The van der Waals surface area contributed by atoms with Crippen LogP contribution in [0.1, 0.15) is 41.9 Å². The standard InChI is InChI=1S/C15H14F3N3O3/c1-2-23-14(22)13-12(9-7-8-9)19-20-21(13)10-5-3-4-6-11(10)24-15(16,17)18/h3-6,9H,2,7-8H2,1H3. The van der Waals surface area contributed by atoms with Crippen LogP contribution in [0.4, 0.5) is 13.2 Å². The van der Waals surface area contributed by atoms with E-state index in [-0.39, 0.29) is 23.9 Å². The highest BCUT2D eigenvalue weighted by Crippen LogP contribution is 2.41. The lowest BCUT2D eigenvalue weighted by Gasteiger charge is -2.14. The van der Waals surface area contributed by atoms with Gasteiger partial charge in [0, 0.05) is 5.92 Å². The summed E-state index contributed by atoms with van der Waals surface area (Å²) < 4.78 is 47.9. The lowest BCUT2D eigenvalue weighted by atomic mass is 10.2. The Bertz CT molecular complexity index is 754. The van der Waals surface area contributed by atoms with Gasteiger partial charge >= 0.3 is 12.3 Å². The Morgan fingerprint density at radius 2 is 2.04 bits per heavy atom. The molecule has 1 aliphatic rings. The van der Waals surface area contributed by atoms with E-state index in [0.29, 0.717) is 5.69 Å². The molecule has 0 radical (unpaired) electrons. The molecular formula is C15H14F3N3O3. The third-order valence-corrected chi connectivity index (χ3v) is 3.45. The number of para-hydroxylation sites is 2. The zero-order valence-corrected chi connectivity index (χ0v) is 12.7. The van der Waals surface area contributed by atoms with Crippen molar-refractivity contribution in [3.63, 3.8) is 0 Å². The Labute approximate surface area is 135 Å². The molecule has 1 aromatic carbocycles. The fourth-order valence-corrected chi connectivity index (χ4v) is 2.33. The molecule has 0 atom stereocenters. The molecular weight excluding hydrogens is 327 g/mol. The van der Waals surface area contributed by atoms with Gasteiger partial charge in [0.2, 0.25) is 0 Å². The molecule has 0 N–H and O–H groups in total. The Hall–Kier alpha value is -2.58. The van der Waals surface area contributed by atoms with Crippen molar-refractivity contribution in [2.75, 3.05) is 6.61 Å². The second-order valence-electron chi connectivity index (χ2n) is 5.25. The molecule has 24 heavy (non-hydrogen) atoms. The zero-order valence-electron chi connectivity index (χ0n) is 12.7. The van der Waals surface area contributed by atoms with E-state index in [1.54, 1.807) is 6.92 Å². The van der Waals surface area contributed by atoms with Crippen LogP contribution >= 0.6 is 0 Å². The third-order valence-electron chi connectivity index (χ3n) is 3.45. The summed E-state index contributed by atoms with van der Waals surface area (Å²) in [6.45, 7) is 1.78. The van der Waals surface area contributed by atoms with Gasteiger partial charge in [-0.1, -0.05) is 17.3 Å². The van der Waals surface area contributed by atoms with Gasteiger partial charge in [-0.3, -0.25) is 0 Å². The summed E-state index contributed by atoms with van der Waals surface area (Å²) in [7, 11) is 0. The Kier molecular flexibility index (Phi) is 4.16. The first-order chi connectivity index (χ1) is 11.4. The number of ether oxygens (including phenoxy) is 2. The Morgan fingerprint density at radius 1 is 1.33 bits per heavy atom. The fourth-order valence-electron chi connectivity index (χ4n) is 2.33. The summed E-state index contributed by atoms with van der Waals surface area (Å²) in [4.78, 5) is 12.3. The molecule has 0 bridgehead atoms. The van der Waals surface area contributed by atoms with Crippen LogP contribution in [-0.2, 0) is 4.74 Å². The number of alkyl halides is 3. The first-order valence-corrected chi connectivity index (χ1v) is 7.38. The van der Waals surface area contributed by atoms with Crippen molar-refractivity contribution in [2.24, 2.45) is 0 Å². The number of hydrogen-bond acceptors (Lipinski definition) is 5. The molecule has 128 valence electrons. The van der Waals surface area contributed by atoms with Gasteiger partial charge in [0.25, 0.3) is 0 Å². The van der Waals surface area contributed by atoms with Crippen LogP contribution in [0.15, 0.2) is 24.3 Å². The van der Waals surface area contributed by atoms with Gasteiger partial charge in [-0.25, -0.2) is 9.48 Å². The van der Waals surface area contributed by atoms with E-state index in [0.717, 1.165) is 23.6 Å². The van der Waals surface area contributed by atoms with E-state index >= 15 is 0 Å². The molecule has 1 fully saturated rings. The van der Waals surface area contributed by atoms with Crippen LogP contribution in [-0.4, -0.2) is 33.9 Å². The highest BCUT2D eigenvalue weighted by atomic mass is 19.4. The van der Waals surface area contributed by atoms with Crippen LogP contribution in [0.5, 0.6) is 5.75 Å². The van der Waals surface area contributed by atoms with Crippen LogP contribution in [0.2, 0.25) is 0 Å². The smallest absolute Gasteiger partial charge is 0.461 e. The maximum Gasteiger partial charge on any atom is 0.573 e. The van der Waals surface area contributed by atoms with Gasteiger partial charge < -0.3 is 9.47 Å². The highest BCUT2D eigenvalue weighted by Gasteiger charge is 2.36. The van der Waals surface area contributed by atoms with Crippen molar-refractivity contribution in [3.8, 4) is 11.4 Å². The quantitative estimate of drug-likeness (QED) is 0.781. The number of nitrogens with zero attached hydrogens (tertiary/aromatic N) is 3. The van der Waals surface area contributed by atoms with E-state index in [9.17, 15) is 18.0 Å². The summed E-state index contributed by atoms with van der Waals surface area (Å²) in [5.41, 5.74) is 0.449. The molecule has 0 aliphatic heterocycles. The average Bonchev–Trinajstić information content (AvgIpc) is 3.25. The first-order valence-electron chi connectivity index (χ1n) is 7.38. The van der Waals surface area contributed by atoms with Gasteiger partial charge in [0.1, 0.15) is 11.4 Å². The van der Waals surface area contributed by atoms with E-state index in [2.05, 4.69) is 15.0 Å². The van der Waals surface area contributed by atoms with Crippen molar-refractivity contribution in [1.29, 1.82) is 0 Å². The third kappa shape index (κ3) is 3.34. The van der Waals surface area contributed by atoms with Gasteiger partial charge in [-0.15, -0.1) is 18.3 Å². The fraction of sp³-hybridized carbons (Fsp3) is 0.400. The molecule has 0 saturated heterocycles. The number of carbonyl (C=O) groups excluding carboxylic acids is 1. The van der Waals surface area contributed by atoms with Crippen molar-refractivity contribution >= 4 is 5.97 Å². The molecule has 1 heterocycles. The summed E-state index contributed by atoms with van der Waals surface area (Å²) in [6.07, 6.45) is -3.16. The molecule has 6 nitrogen and oxygen atoms in total. The van der Waals surface area contributed by atoms with Gasteiger partial charge in [-0.2, -0.15) is 0 Å². The SMILES string of the molecule is CCOC(=O)c1c(C2CC2)nnn1-c1ccccc1OC(F)(F)F. The van der Waals surface area contributed by atoms with Crippen molar-refractivity contribution in [1.82, 2.24) is 15.0 Å². The number of benzene rings is 1. The summed E-state index contributed by atoms with van der Waals surface area (Å²) in [5, 5.41) is 7.83. The number of rotatable bonds is 5. The maximum atomic E-state index is 12.6. The van der Waals surface area contributed by atoms with E-state index in [4.69, 9.17) is 4.74 Å². The van der Waals surface area contributed by atoms with Gasteiger partial charge in [0.15, 0.2) is 11.4 Å². The summed E-state index contributed by atoms with van der Waals surface area (Å²) >= 11 is 0. The molecule has 1 saturated carbocycles. The van der Waals surface area contributed by atoms with Crippen LogP contribution in [0.3, 0.4) is 0 Å². The molecule has 1 aliphatic carbocycles. The lowest BCUT2D eigenvalue weighted by molar-refractivity contribution is -0.274. The molecule has 0 unspecified atom stereocenters. The predicted molar refractivity (Wildman–Crippen MR) is 76.0 cm³/mol. The maximum absolute atomic E-state index is 12.6. The molecule has 1 aromatic heterocycles. The minimum atomic E-state index is -4.86. The van der Waals surface area contributed by atoms with Gasteiger partial charge in [0.05, 0.1) is 6.61 Å². The molecule has 9 heteroatoms. The van der Waals surface area contributed by atoms with Crippen LogP contribution in [0.25, 0.3) is 5.69 Å². The van der Waals surface area contributed by atoms with Crippen molar-refractivity contribution < 1.29 is 27.4 Å². The Balaban J connectivity index is 2.08. The largest absolute Gasteiger partial charge is 0.573 e. The molecule has 0 amide bonds. The van der Waals surface area contributed by atoms with Gasteiger partial charge in [-0.05, 0) is 31.9 Å². The highest BCUT2D eigenvalue weighted by molar-refractivity contribution is 5.90. The number of halogens is 3. The molecule has 3 rings (SSSR count). The van der Waals surface area contributed by atoms with Crippen LogP contribution < -0.4 is 4.74 Å². The second kappa shape index (κ2) is 6.14. The first kappa shape index (κ1) is 16.3. The normalized spacial score (nSPS) is 14.5. The predicted octanol–water partition coefficient (Wildman–Crippen LogP) is 3.22. The lowest BCUT2D eigenvalue weighted by Crippen LogP contribution is -2.20. The average molecular weight is 341 g/mol. The topological polar surface area (TPSA) is 66.2 Å². The second-order valence-corrected chi connectivity index (χ2v) is 5.25. The molecule has 0 spiro atoms. The monoisotopic (exact) mass is 341 g/mol. The Morgan fingerprint density at radius 3 is 2.67 bits per heavy atom. The minimum Gasteiger partial charge on any atom is -0.461 e. The van der Waals surface area contributed by atoms with Crippen LogP contribution in [0, 0.1) is 0 Å². The van der Waals surface area contributed by atoms with E-state index in [1.807, 2.05) is 0 Å². The summed E-state index contributed by atoms with van der Waals surface area (Å²) in [6, 6.07) is 5.44. The van der Waals surface area contributed by atoms with Crippen molar-refractivity contribution in [3.05, 3.63) is 35.7 Å². The zero-order chi connectivity index (χ0) is 17.3. The van der Waals surface area contributed by atoms with E-state index < -0.39 is 18.1 Å². The number of aromatic nitrogens is 3. The minimum absolute atomic E-state index is 0.0303. The number of carbonyl (C=O) groups is 1. The number of esters is 1. The van der Waals surface area contributed by atoms with E-state index in [1.165, 1.54) is 18.2 Å². The van der Waals surface area contributed by atoms with Crippen molar-refractivity contribution in [2.45, 2.75) is 32.0 Å². The summed E-state index contributed by atoms with van der Waals surface area (Å²) in [5.74, 6) is -1.07.